The quantitative estimate of drug-likeness (QED) is 0.824. The minimum absolute atomic E-state index is 0.196. The molecule has 2 aromatic rings. The molecule has 0 saturated carbocycles. The number of carbonyl (C=O) groups is 1. The molecule has 4 nitrogen and oxygen atoms in total. The van der Waals surface area contributed by atoms with Crippen LogP contribution in [0.5, 0.6) is 11.5 Å². The third-order valence-corrected chi connectivity index (χ3v) is 3.25. The molecule has 0 unspecified atom stereocenters. The van der Waals surface area contributed by atoms with E-state index in [1.165, 1.54) is 12.1 Å². The van der Waals surface area contributed by atoms with E-state index in [-0.39, 0.29) is 18.3 Å². The van der Waals surface area contributed by atoms with Gasteiger partial charge in [0, 0.05) is 6.54 Å². The molecular formula is C18H18F3NO3. The van der Waals surface area contributed by atoms with Gasteiger partial charge in [-0.3, -0.25) is 4.79 Å². The topological polar surface area (TPSA) is 47.6 Å². The highest BCUT2D eigenvalue weighted by molar-refractivity contribution is 5.77. The van der Waals surface area contributed by atoms with Gasteiger partial charge < -0.3 is 14.8 Å². The Morgan fingerprint density at radius 2 is 1.76 bits per heavy atom. The summed E-state index contributed by atoms with van der Waals surface area (Å²) in [7, 11) is 0. The predicted octanol–water partition coefficient (Wildman–Crippen LogP) is 3.80. The number of alkyl halides is 3. The zero-order valence-electron chi connectivity index (χ0n) is 13.6. The number of benzene rings is 2. The van der Waals surface area contributed by atoms with Gasteiger partial charge in [-0.25, -0.2) is 0 Å². The molecule has 0 saturated heterocycles. The summed E-state index contributed by atoms with van der Waals surface area (Å²) in [5.41, 5.74) is 0.104. The minimum atomic E-state index is -4.40. The molecule has 7 heteroatoms. The highest BCUT2D eigenvalue weighted by Gasteiger charge is 2.30. The van der Waals surface area contributed by atoms with E-state index < -0.39 is 11.7 Å². The lowest BCUT2D eigenvalue weighted by Crippen LogP contribution is -2.28. The number of ether oxygens (including phenoxy) is 2. The fourth-order valence-electron chi connectivity index (χ4n) is 2.05. The molecule has 0 radical (unpaired) electrons. The van der Waals surface area contributed by atoms with Gasteiger partial charge in [-0.2, -0.15) is 13.2 Å². The Morgan fingerprint density at radius 1 is 1.04 bits per heavy atom. The largest absolute Gasteiger partial charge is 0.494 e. The van der Waals surface area contributed by atoms with Crippen LogP contribution in [-0.4, -0.2) is 19.1 Å². The van der Waals surface area contributed by atoms with Gasteiger partial charge in [0.2, 0.25) is 0 Å². The van der Waals surface area contributed by atoms with Gasteiger partial charge in [-0.05, 0) is 48.9 Å². The van der Waals surface area contributed by atoms with Crippen LogP contribution in [-0.2, 0) is 17.5 Å². The third-order valence-electron chi connectivity index (χ3n) is 3.25. The van der Waals surface area contributed by atoms with Crippen LogP contribution < -0.4 is 14.8 Å². The van der Waals surface area contributed by atoms with Gasteiger partial charge in [0.25, 0.3) is 5.91 Å². The summed E-state index contributed by atoms with van der Waals surface area (Å²) >= 11 is 0. The van der Waals surface area contributed by atoms with E-state index in [4.69, 9.17) is 9.47 Å². The van der Waals surface area contributed by atoms with Crippen molar-refractivity contribution in [3.05, 3.63) is 59.7 Å². The Balaban J connectivity index is 1.80. The van der Waals surface area contributed by atoms with Gasteiger partial charge in [0.15, 0.2) is 6.61 Å². The minimum Gasteiger partial charge on any atom is -0.494 e. The molecule has 0 aliphatic heterocycles. The van der Waals surface area contributed by atoms with Crippen LogP contribution in [0.3, 0.4) is 0 Å². The maximum atomic E-state index is 12.5. The molecule has 0 atom stereocenters. The maximum Gasteiger partial charge on any atom is 0.416 e. The van der Waals surface area contributed by atoms with Crippen LogP contribution in [0.25, 0.3) is 0 Å². The summed E-state index contributed by atoms with van der Waals surface area (Å²) in [5.74, 6) is 0.540. The van der Waals surface area contributed by atoms with E-state index >= 15 is 0 Å². The van der Waals surface area contributed by atoms with Gasteiger partial charge in [0.05, 0.1) is 12.2 Å². The maximum absolute atomic E-state index is 12.5. The first-order chi connectivity index (χ1) is 11.9. The van der Waals surface area contributed by atoms with Crippen molar-refractivity contribution in [2.75, 3.05) is 13.2 Å². The molecule has 0 heterocycles. The van der Waals surface area contributed by atoms with E-state index in [1.807, 2.05) is 31.2 Å². The van der Waals surface area contributed by atoms with Crippen molar-refractivity contribution in [1.29, 1.82) is 0 Å². The van der Waals surface area contributed by atoms with Gasteiger partial charge in [-0.15, -0.1) is 0 Å². The van der Waals surface area contributed by atoms with Crippen molar-refractivity contribution in [3.63, 3.8) is 0 Å². The van der Waals surface area contributed by atoms with Crippen molar-refractivity contribution in [2.24, 2.45) is 0 Å². The molecular weight excluding hydrogens is 335 g/mol. The molecule has 1 amide bonds. The van der Waals surface area contributed by atoms with E-state index in [0.29, 0.717) is 13.2 Å². The smallest absolute Gasteiger partial charge is 0.416 e. The average Bonchev–Trinajstić information content (AvgIpc) is 2.58. The molecule has 0 spiro atoms. The molecule has 2 rings (SSSR count). The first kappa shape index (κ1) is 18.6. The molecule has 2 aromatic carbocycles. The summed E-state index contributed by atoms with van der Waals surface area (Å²) in [4.78, 5) is 11.8. The third kappa shape index (κ3) is 6.02. The van der Waals surface area contributed by atoms with Crippen LogP contribution in [0.2, 0.25) is 0 Å². The predicted molar refractivity (Wildman–Crippen MR) is 86.4 cm³/mol. The second-order valence-electron chi connectivity index (χ2n) is 5.17. The highest BCUT2D eigenvalue weighted by atomic mass is 19.4. The fourth-order valence-corrected chi connectivity index (χ4v) is 2.05. The first-order valence-electron chi connectivity index (χ1n) is 7.67. The SMILES string of the molecule is CCOc1cccc(CNC(=O)COc2ccc(C(F)(F)F)cc2)c1. The fraction of sp³-hybridized carbons (Fsp3) is 0.278. The standard InChI is InChI=1S/C18H18F3NO3/c1-2-24-16-5-3-4-13(10-16)11-22-17(23)12-25-15-8-6-14(7-9-15)18(19,20)21/h3-10H,2,11-12H2,1H3,(H,22,23). The Kier molecular flexibility index (Phi) is 6.27. The lowest BCUT2D eigenvalue weighted by atomic mass is 10.2. The van der Waals surface area contributed by atoms with E-state index in [2.05, 4.69) is 5.32 Å². The summed E-state index contributed by atoms with van der Waals surface area (Å²) in [6.45, 7) is 2.45. The number of halogens is 3. The van der Waals surface area contributed by atoms with Crippen molar-refractivity contribution >= 4 is 5.91 Å². The molecule has 0 aromatic heterocycles. The van der Waals surface area contributed by atoms with Crippen LogP contribution in [0, 0.1) is 0 Å². The van der Waals surface area contributed by atoms with E-state index in [9.17, 15) is 18.0 Å². The van der Waals surface area contributed by atoms with Gasteiger partial charge >= 0.3 is 6.18 Å². The second kappa shape index (κ2) is 8.41. The molecule has 1 N–H and O–H groups in total. The number of carbonyl (C=O) groups excluding carboxylic acids is 1. The Bertz CT molecular complexity index is 699. The zero-order valence-corrected chi connectivity index (χ0v) is 13.6. The summed E-state index contributed by atoms with van der Waals surface area (Å²) in [5, 5.41) is 2.67. The van der Waals surface area contributed by atoms with Crippen LogP contribution in [0.15, 0.2) is 48.5 Å². The van der Waals surface area contributed by atoms with Crippen molar-refractivity contribution in [1.82, 2.24) is 5.32 Å². The Labute approximate surface area is 143 Å². The monoisotopic (exact) mass is 353 g/mol. The molecule has 0 aliphatic carbocycles. The molecule has 0 fully saturated rings. The lowest BCUT2D eigenvalue weighted by molar-refractivity contribution is -0.137. The summed E-state index contributed by atoms with van der Waals surface area (Å²) < 4.78 is 47.9. The number of hydrogen-bond acceptors (Lipinski definition) is 3. The normalized spacial score (nSPS) is 11.0. The molecule has 25 heavy (non-hydrogen) atoms. The highest BCUT2D eigenvalue weighted by Crippen LogP contribution is 2.30. The Hall–Kier alpha value is -2.70. The van der Waals surface area contributed by atoms with Crippen molar-refractivity contribution in [3.8, 4) is 11.5 Å². The Morgan fingerprint density at radius 3 is 2.40 bits per heavy atom. The van der Waals surface area contributed by atoms with E-state index in [0.717, 1.165) is 23.4 Å². The van der Waals surface area contributed by atoms with Gasteiger partial charge in [-0.1, -0.05) is 12.1 Å². The molecule has 0 bridgehead atoms. The average molecular weight is 353 g/mol. The lowest BCUT2D eigenvalue weighted by Gasteiger charge is -2.10. The first-order valence-corrected chi connectivity index (χ1v) is 7.67. The number of rotatable bonds is 7. The summed E-state index contributed by atoms with van der Waals surface area (Å²) in [6, 6.07) is 11.5. The van der Waals surface area contributed by atoms with Crippen molar-refractivity contribution < 1.29 is 27.4 Å². The molecule has 0 aliphatic rings. The number of hydrogen-bond donors (Lipinski definition) is 1. The number of amides is 1. The molecule has 134 valence electrons. The second-order valence-corrected chi connectivity index (χ2v) is 5.17. The number of nitrogens with one attached hydrogen (secondary N) is 1. The van der Waals surface area contributed by atoms with Crippen LogP contribution in [0.1, 0.15) is 18.1 Å². The van der Waals surface area contributed by atoms with Crippen LogP contribution >= 0.6 is 0 Å². The summed E-state index contributed by atoms with van der Waals surface area (Å²) in [6.07, 6.45) is -4.40. The van der Waals surface area contributed by atoms with Crippen LogP contribution in [0.4, 0.5) is 13.2 Å². The zero-order chi connectivity index (χ0) is 18.3. The van der Waals surface area contributed by atoms with Crippen molar-refractivity contribution in [2.45, 2.75) is 19.6 Å². The van der Waals surface area contributed by atoms with Gasteiger partial charge in [0.1, 0.15) is 11.5 Å². The van der Waals surface area contributed by atoms with E-state index in [1.54, 1.807) is 0 Å².